The number of carboxylic acid groups (broad SMARTS) is 1. The van der Waals surface area contributed by atoms with Gasteiger partial charge in [-0.1, -0.05) is 41.9 Å². The average Bonchev–Trinajstić information content (AvgIpc) is 2.56. The number of rotatable bonds is 2. The lowest BCUT2D eigenvalue weighted by Gasteiger charge is -2.38. The van der Waals surface area contributed by atoms with Crippen molar-refractivity contribution >= 4 is 18.1 Å². The van der Waals surface area contributed by atoms with Crippen molar-refractivity contribution in [2.45, 2.75) is 18.8 Å². The summed E-state index contributed by atoms with van der Waals surface area (Å²) in [5.41, 5.74) is 8.84. The first kappa shape index (κ1) is 18.4. The lowest BCUT2D eigenvalue weighted by atomic mass is 9.91. The number of hydrogen-bond acceptors (Lipinski definition) is 4. The van der Waals surface area contributed by atoms with Crippen LogP contribution in [0.3, 0.4) is 0 Å². The number of nitrogens with one attached hydrogen (secondary N) is 1. The van der Waals surface area contributed by atoms with Crippen molar-refractivity contribution in [3.05, 3.63) is 59.1 Å². The SMILES string of the molecule is CC1(c2cccc(-c3cccc(Cl)c3)c2)CNCC(N)O1.O=CO. The van der Waals surface area contributed by atoms with Gasteiger partial charge < -0.3 is 20.9 Å². The number of carbonyl (C=O) groups is 1. The molecule has 5 nitrogen and oxygen atoms in total. The summed E-state index contributed by atoms with van der Waals surface area (Å²) >= 11 is 6.08. The smallest absolute Gasteiger partial charge is 0.290 e. The van der Waals surface area contributed by atoms with Crippen LogP contribution in [0.4, 0.5) is 0 Å². The first-order valence-corrected chi connectivity index (χ1v) is 7.95. The van der Waals surface area contributed by atoms with E-state index in [9.17, 15) is 0 Å². The van der Waals surface area contributed by atoms with Gasteiger partial charge in [-0.25, -0.2) is 0 Å². The summed E-state index contributed by atoms with van der Waals surface area (Å²) in [4.78, 5) is 8.36. The van der Waals surface area contributed by atoms with Crippen LogP contribution < -0.4 is 11.1 Å². The number of halogens is 1. The largest absolute Gasteiger partial charge is 0.483 e. The molecule has 2 atom stereocenters. The van der Waals surface area contributed by atoms with Crippen LogP contribution in [0.25, 0.3) is 11.1 Å². The van der Waals surface area contributed by atoms with Gasteiger partial charge in [-0.05, 0) is 41.8 Å². The van der Waals surface area contributed by atoms with Crippen molar-refractivity contribution in [2.75, 3.05) is 13.1 Å². The van der Waals surface area contributed by atoms with E-state index in [1.165, 1.54) is 0 Å². The van der Waals surface area contributed by atoms with Crippen molar-refractivity contribution in [2.24, 2.45) is 5.73 Å². The summed E-state index contributed by atoms with van der Waals surface area (Å²) in [5, 5.41) is 10.9. The van der Waals surface area contributed by atoms with Gasteiger partial charge in [0.1, 0.15) is 11.8 Å². The summed E-state index contributed by atoms with van der Waals surface area (Å²) in [7, 11) is 0. The van der Waals surface area contributed by atoms with E-state index in [0.717, 1.165) is 28.3 Å². The predicted molar refractivity (Wildman–Crippen MR) is 94.9 cm³/mol. The minimum atomic E-state index is -0.410. The minimum Gasteiger partial charge on any atom is -0.483 e. The van der Waals surface area contributed by atoms with E-state index in [-0.39, 0.29) is 12.7 Å². The quantitative estimate of drug-likeness (QED) is 0.727. The second kappa shape index (κ2) is 8.26. The third-order valence-corrected chi connectivity index (χ3v) is 4.09. The maximum Gasteiger partial charge on any atom is 0.290 e. The molecule has 1 aliphatic rings. The van der Waals surface area contributed by atoms with Crippen LogP contribution >= 0.6 is 11.6 Å². The summed E-state index contributed by atoms with van der Waals surface area (Å²) < 4.78 is 5.96. The van der Waals surface area contributed by atoms with Crippen LogP contribution in [0.5, 0.6) is 0 Å². The number of hydrogen-bond donors (Lipinski definition) is 3. The molecule has 0 spiro atoms. The van der Waals surface area contributed by atoms with Crippen LogP contribution in [-0.4, -0.2) is 30.9 Å². The highest BCUT2D eigenvalue weighted by Gasteiger charge is 2.33. The Bertz CT molecular complexity index is 695. The Morgan fingerprint density at radius 2 is 1.92 bits per heavy atom. The minimum absolute atomic E-state index is 0.250. The van der Waals surface area contributed by atoms with Gasteiger partial charge in [0, 0.05) is 18.1 Å². The average molecular weight is 349 g/mol. The molecule has 4 N–H and O–H groups in total. The van der Waals surface area contributed by atoms with Gasteiger partial charge in [-0.2, -0.15) is 0 Å². The fourth-order valence-corrected chi connectivity index (χ4v) is 2.93. The molecule has 0 aliphatic carbocycles. The number of ether oxygens (including phenoxy) is 1. The summed E-state index contributed by atoms with van der Waals surface area (Å²) in [6.07, 6.45) is -0.279. The zero-order valence-corrected chi connectivity index (χ0v) is 14.2. The third kappa shape index (κ3) is 4.55. The normalized spacial score (nSPS) is 23.0. The van der Waals surface area contributed by atoms with Crippen molar-refractivity contribution in [3.63, 3.8) is 0 Å². The monoisotopic (exact) mass is 348 g/mol. The second-order valence-electron chi connectivity index (χ2n) is 5.71. The van der Waals surface area contributed by atoms with Gasteiger partial charge in [0.2, 0.25) is 0 Å². The van der Waals surface area contributed by atoms with E-state index in [1.807, 2.05) is 24.3 Å². The number of nitrogens with two attached hydrogens (primary N) is 1. The standard InChI is InChI=1S/C17H19ClN2O.CH2O2/c1-17(11-20-10-16(19)21-17)14-6-2-4-12(8-14)13-5-3-7-15(18)9-13;2-1-3/h2-9,16,20H,10-11,19H2,1H3;1H,(H,2,3). The Kier molecular flexibility index (Phi) is 6.34. The maximum absolute atomic E-state index is 8.36. The summed E-state index contributed by atoms with van der Waals surface area (Å²) in [5.74, 6) is 0. The molecule has 1 fully saturated rings. The second-order valence-corrected chi connectivity index (χ2v) is 6.15. The third-order valence-electron chi connectivity index (χ3n) is 3.85. The lowest BCUT2D eigenvalue weighted by molar-refractivity contribution is -0.122. The van der Waals surface area contributed by atoms with Gasteiger partial charge in [0.05, 0.1) is 0 Å². The zero-order valence-electron chi connectivity index (χ0n) is 13.4. The molecular formula is C18H21ClN2O3. The first-order valence-electron chi connectivity index (χ1n) is 7.57. The Morgan fingerprint density at radius 3 is 2.54 bits per heavy atom. The van der Waals surface area contributed by atoms with E-state index < -0.39 is 5.60 Å². The summed E-state index contributed by atoms with van der Waals surface area (Å²) in [6.45, 7) is 3.25. The van der Waals surface area contributed by atoms with Crippen LogP contribution in [0.1, 0.15) is 12.5 Å². The fraction of sp³-hybridized carbons (Fsp3) is 0.278. The summed E-state index contributed by atoms with van der Waals surface area (Å²) in [6, 6.07) is 16.2. The molecule has 1 saturated heterocycles. The van der Waals surface area contributed by atoms with Crippen LogP contribution in [0.15, 0.2) is 48.5 Å². The van der Waals surface area contributed by atoms with Crippen LogP contribution in [0.2, 0.25) is 5.02 Å². The van der Waals surface area contributed by atoms with E-state index in [4.69, 9.17) is 32.0 Å². The van der Waals surface area contributed by atoms with Crippen LogP contribution in [-0.2, 0) is 15.1 Å². The molecule has 1 heterocycles. The van der Waals surface area contributed by atoms with Crippen molar-refractivity contribution in [1.29, 1.82) is 0 Å². The molecule has 0 amide bonds. The lowest BCUT2D eigenvalue weighted by Crippen LogP contribution is -2.53. The molecule has 2 unspecified atom stereocenters. The number of benzene rings is 2. The Labute approximate surface area is 146 Å². The zero-order chi connectivity index (χ0) is 17.6. The van der Waals surface area contributed by atoms with Crippen molar-refractivity contribution in [3.8, 4) is 11.1 Å². The molecule has 2 aromatic carbocycles. The highest BCUT2D eigenvalue weighted by Crippen LogP contribution is 2.31. The molecule has 6 heteroatoms. The van der Waals surface area contributed by atoms with Gasteiger partial charge in [0.15, 0.2) is 0 Å². The molecule has 3 rings (SSSR count). The molecule has 0 bridgehead atoms. The molecule has 24 heavy (non-hydrogen) atoms. The van der Waals surface area contributed by atoms with Crippen molar-refractivity contribution < 1.29 is 14.6 Å². The topological polar surface area (TPSA) is 84.6 Å². The van der Waals surface area contributed by atoms with E-state index in [0.29, 0.717) is 6.54 Å². The van der Waals surface area contributed by atoms with Gasteiger partial charge in [-0.15, -0.1) is 0 Å². The van der Waals surface area contributed by atoms with Gasteiger partial charge >= 0.3 is 0 Å². The first-order chi connectivity index (χ1) is 11.5. The Morgan fingerprint density at radius 1 is 1.29 bits per heavy atom. The maximum atomic E-state index is 8.36. The molecule has 0 aromatic heterocycles. The van der Waals surface area contributed by atoms with Crippen LogP contribution in [0, 0.1) is 0 Å². The Balaban J connectivity index is 0.000000647. The fourth-order valence-electron chi connectivity index (χ4n) is 2.74. The van der Waals surface area contributed by atoms with E-state index in [1.54, 1.807) is 0 Å². The molecule has 0 radical (unpaired) electrons. The van der Waals surface area contributed by atoms with Crippen molar-refractivity contribution in [1.82, 2.24) is 5.32 Å². The Hall–Kier alpha value is -1.92. The molecule has 128 valence electrons. The number of morpholine rings is 1. The highest BCUT2D eigenvalue weighted by molar-refractivity contribution is 6.30. The van der Waals surface area contributed by atoms with E-state index in [2.05, 4.69) is 36.5 Å². The molecule has 2 aromatic rings. The molecule has 0 saturated carbocycles. The van der Waals surface area contributed by atoms with E-state index >= 15 is 0 Å². The molecule has 1 aliphatic heterocycles. The highest BCUT2D eigenvalue weighted by atomic mass is 35.5. The predicted octanol–water partition coefficient (Wildman–Crippen LogP) is 2.83. The molecular weight excluding hydrogens is 328 g/mol. The van der Waals surface area contributed by atoms with Gasteiger partial charge in [-0.3, -0.25) is 4.79 Å². The van der Waals surface area contributed by atoms with Gasteiger partial charge in [0.25, 0.3) is 6.47 Å².